The van der Waals surface area contributed by atoms with Gasteiger partial charge in [0.25, 0.3) is 0 Å². The van der Waals surface area contributed by atoms with Crippen molar-refractivity contribution in [1.29, 1.82) is 0 Å². The molecular weight excluding hydrogens is 259 g/mol. The number of hydrogen-bond donors (Lipinski definition) is 2. The molecule has 106 valence electrons. The van der Waals surface area contributed by atoms with E-state index < -0.39 is 6.04 Å². The van der Waals surface area contributed by atoms with Crippen molar-refractivity contribution in [3.05, 3.63) is 52.6 Å². The average Bonchev–Trinajstić information content (AvgIpc) is 2.44. The first-order valence-electron chi connectivity index (χ1n) is 6.17. The van der Waals surface area contributed by atoms with Gasteiger partial charge in [0.15, 0.2) is 0 Å². The van der Waals surface area contributed by atoms with Gasteiger partial charge in [-0.3, -0.25) is 5.84 Å². The molecule has 20 heavy (non-hydrogen) atoms. The first kappa shape index (κ1) is 14.4. The van der Waals surface area contributed by atoms with Gasteiger partial charge >= 0.3 is 0 Å². The maximum atomic E-state index is 14.2. The van der Waals surface area contributed by atoms with Gasteiger partial charge in [0.2, 0.25) is 0 Å². The number of nitrogens with two attached hydrogens (primary N) is 1. The molecule has 6 heteroatoms. The fraction of sp³-hybridized carbons (Fsp3) is 0.286. The van der Waals surface area contributed by atoms with Crippen LogP contribution < -0.4 is 16.0 Å². The molecule has 5 nitrogen and oxygen atoms in total. The smallest absolute Gasteiger partial charge is 0.132 e. The second kappa shape index (κ2) is 5.94. The summed E-state index contributed by atoms with van der Waals surface area (Å²) >= 11 is 0. The Morgan fingerprint density at radius 2 is 1.95 bits per heavy atom. The third-order valence-electron chi connectivity index (χ3n) is 3.14. The van der Waals surface area contributed by atoms with Crippen LogP contribution in [-0.2, 0) is 0 Å². The molecule has 0 aliphatic carbocycles. The van der Waals surface area contributed by atoms with E-state index in [1.807, 2.05) is 19.9 Å². The van der Waals surface area contributed by atoms with Crippen LogP contribution in [0.1, 0.15) is 28.6 Å². The van der Waals surface area contributed by atoms with Crippen molar-refractivity contribution in [2.45, 2.75) is 19.9 Å². The zero-order valence-electron chi connectivity index (χ0n) is 11.6. The van der Waals surface area contributed by atoms with Crippen LogP contribution in [0.15, 0.2) is 24.3 Å². The van der Waals surface area contributed by atoms with Gasteiger partial charge in [-0.25, -0.2) is 9.82 Å². The van der Waals surface area contributed by atoms with Gasteiger partial charge in [-0.05, 0) is 31.5 Å². The van der Waals surface area contributed by atoms with Crippen molar-refractivity contribution in [1.82, 2.24) is 15.6 Å². The van der Waals surface area contributed by atoms with E-state index in [0.717, 1.165) is 11.3 Å². The molecule has 0 spiro atoms. The van der Waals surface area contributed by atoms with Crippen molar-refractivity contribution in [2.24, 2.45) is 5.84 Å². The minimum atomic E-state index is -0.491. The SMILES string of the molecule is COc1ccc(C(NN)c2cc(C)nnc2C)c(F)c1. The number of hydrazine groups is 1. The molecule has 1 aromatic carbocycles. The van der Waals surface area contributed by atoms with E-state index in [4.69, 9.17) is 10.6 Å². The Balaban J connectivity index is 2.49. The quantitative estimate of drug-likeness (QED) is 0.658. The fourth-order valence-corrected chi connectivity index (χ4v) is 2.08. The Kier molecular flexibility index (Phi) is 4.26. The van der Waals surface area contributed by atoms with Crippen LogP contribution in [0.25, 0.3) is 0 Å². The molecular formula is C14H17FN4O. The third kappa shape index (κ3) is 2.76. The van der Waals surface area contributed by atoms with Crippen LogP contribution >= 0.6 is 0 Å². The Morgan fingerprint density at radius 1 is 1.20 bits per heavy atom. The Bertz CT molecular complexity index is 618. The average molecular weight is 276 g/mol. The zero-order valence-corrected chi connectivity index (χ0v) is 11.6. The third-order valence-corrected chi connectivity index (χ3v) is 3.14. The van der Waals surface area contributed by atoms with Gasteiger partial charge in [0, 0.05) is 11.6 Å². The number of methoxy groups -OCH3 is 1. The standard InChI is InChI=1S/C14H17FN4O/c1-8-6-12(9(2)19-18-8)14(17-16)11-5-4-10(20-3)7-13(11)15/h4-7,14,17H,16H2,1-3H3. The van der Waals surface area contributed by atoms with E-state index in [-0.39, 0.29) is 5.82 Å². The van der Waals surface area contributed by atoms with Gasteiger partial charge in [0.1, 0.15) is 11.6 Å². The van der Waals surface area contributed by atoms with Crippen LogP contribution in [-0.4, -0.2) is 17.3 Å². The summed E-state index contributed by atoms with van der Waals surface area (Å²) < 4.78 is 19.2. The van der Waals surface area contributed by atoms with Crippen molar-refractivity contribution < 1.29 is 9.13 Å². The molecule has 1 unspecified atom stereocenters. The molecule has 0 radical (unpaired) electrons. The van der Waals surface area contributed by atoms with Crippen LogP contribution in [0.5, 0.6) is 5.75 Å². The summed E-state index contributed by atoms with van der Waals surface area (Å²) in [6.45, 7) is 3.64. The van der Waals surface area contributed by atoms with E-state index in [1.54, 1.807) is 12.1 Å². The van der Waals surface area contributed by atoms with Gasteiger partial charge < -0.3 is 4.74 Å². The fourth-order valence-electron chi connectivity index (χ4n) is 2.08. The number of rotatable bonds is 4. The highest BCUT2D eigenvalue weighted by Gasteiger charge is 2.20. The number of nitrogens with zero attached hydrogens (tertiary/aromatic N) is 2. The number of hydrogen-bond acceptors (Lipinski definition) is 5. The molecule has 0 fully saturated rings. The van der Waals surface area contributed by atoms with Crippen molar-refractivity contribution in [3.8, 4) is 5.75 Å². The minimum absolute atomic E-state index is 0.388. The number of halogens is 1. The van der Waals surface area contributed by atoms with Crippen LogP contribution in [0, 0.1) is 19.7 Å². The molecule has 0 amide bonds. The van der Waals surface area contributed by atoms with Gasteiger partial charge in [0.05, 0.1) is 24.5 Å². The van der Waals surface area contributed by atoms with E-state index in [0.29, 0.717) is 17.0 Å². The molecule has 0 saturated heterocycles. The second-order valence-electron chi connectivity index (χ2n) is 4.51. The monoisotopic (exact) mass is 276 g/mol. The summed E-state index contributed by atoms with van der Waals surface area (Å²) in [5.74, 6) is 5.67. The molecule has 0 aliphatic rings. The Hall–Kier alpha value is -2.05. The molecule has 1 heterocycles. The summed E-state index contributed by atoms with van der Waals surface area (Å²) in [5, 5.41) is 8.01. The van der Waals surface area contributed by atoms with Crippen LogP contribution in [0.2, 0.25) is 0 Å². The molecule has 2 aromatic rings. The summed E-state index contributed by atoms with van der Waals surface area (Å²) in [4.78, 5) is 0. The summed E-state index contributed by atoms with van der Waals surface area (Å²) in [7, 11) is 1.49. The lowest BCUT2D eigenvalue weighted by Crippen LogP contribution is -2.30. The molecule has 1 atom stereocenters. The molecule has 3 N–H and O–H groups in total. The lowest BCUT2D eigenvalue weighted by Gasteiger charge is -2.19. The van der Waals surface area contributed by atoms with Crippen LogP contribution in [0.4, 0.5) is 4.39 Å². The number of ether oxygens (including phenoxy) is 1. The number of nitrogens with one attached hydrogen (secondary N) is 1. The lowest BCUT2D eigenvalue weighted by atomic mass is 9.97. The maximum absolute atomic E-state index is 14.2. The van der Waals surface area contributed by atoms with E-state index in [1.165, 1.54) is 13.2 Å². The molecule has 1 aromatic heterocycles. The topological polar surface area (TPSA) is 73.1 Å². The highest BCUT2D eigenvalue weighted by atomic mass is 19.1. The van der Waals surface area contributed by atoms with Crippen molar-refractivity contribution >= 4 is 0 Å². The predicted octanol–water partition coefficient (Wildman–Crippen LogP) is 1.79. The number of benzene rings is 1. The number of aryl methyl sites for hydroxylation is 2. The van der Waals surface area contributed by atoms with Gasteiger partial charge in [-0.1, -0.05) is 6.07 Å². The number of aromatic nitrogens is 2. The molecule has 0 saturated carbocycles. The zero-order chi connectivity index (χ0) is 14.7. The van der Waals surface area contributed by atoms with E-state index >= 15 is 0 Å². The summed E-state index contributed by atoms with van der Waals surface area (Å²) in [6.07, 6.45) is 0. The highest BCUT2D eigenvalue weighted by Crippen LogP contribution is 2.27. The second-order valence-corrected chi connectivity index (χ2v) is 4.51. The normalized spacial score (nSPS) is 12.2. The van der Waals surface area contributed by atoms with Gasteiger partial charge in [-0.2, -0.15) is 10.2 Å². The lowest BCUT2D eigenvalue weighted by molar-refractivity contribution is 0.410. The molecule has 0 aliphatic heterocycles. The Morgan fingerprint density at radius 3 is 2.55 bits per heavy atom. The van der Waals surface area contributed by atoms with E-state index in [2.05, 4.69) is 15.6 Å². The Labute approximate surface area is 116 Å². The molecule has 2 rings (SSSR count). The predicted molar refractivity (Wildman–Crippen MR) is 73.6 cm³/mol. The van der Waals surface area contributed by atoms with Crippen LogP contribution in [0.3, 0.4) is 0 Å². The van der Waals surface area contributed by atoms with Crippen molar-refractivity contribution in [3.63, 3.8) is 0 Å². The van der Waals surface area contributed by atoms with Crippen molar-refractivity contribution in [2.75, 3.05) is 7.11 Å². The van der Waals surface area contributed by atoms with Gasteiger partial charge in [-0.15, -0.1) is 0 Å². The summed E-state index contributed by atoms with van der Waals surface area (Å²) in [6, 6.07) is 6.02. The summed E-state index contributed by atoms with van der Waals surface area (Å²) in [5.41, 5.74) is 5.31. The maximum Gasteiger partial charge on any atom is 0.132 e. The minimum Gasteiger partial charge on any atom is -0.497 e. The largest absolute Gasteiger partial charge is 0.497 e. The van der Waals surface area contributed by atoms with E-state index in [9.17, 15) is 4.39 Å². The first-order chi connectivity index (χ1) is 9.56. The first-order valence-corrected chi connectivity index (χ1v) is 6.17. The molecule has 0 bridgehead atoms. The highest BCUT2D eigenvalue weighted by molar-refractivity contribution is 5.38.